The van der Waals surface area contributed by atoms with Gasteiger partial charge in [0.05, 0.1) is 5.76 Å². The molecule has 0 heterocycles. The molecule has 150 valence electrons. The molecule has 0 saturated carbocycles. The van der Waals surface area contributed by atoms with Gasteiger partial charge in [-0.2, -0.15) is 0 Å². The van der Waals surface area contributed by atoms with Gasteiger partial charge in [0, 0.05) is 5.92 Å². The Bertz CT molecular complexity index is 562. The van der Waals surface area contributed by atoms with Crippen LogP contribution in [-0.2, 0) is 4.43 Å². The first-order valence-corrected chi connectivity index (χ1v) is 13.2. The van der Waals surface area contributed by atoms with Crippen molar-refractivity contribution in [3.8, 4) is 0 Å². The van der Waals surface area contributed by atoms with Crippen LogP contribution in [-0.4, -0.2) is 8.32 Å². The van der Waals surface area contributed by atoms with Crippen LogP contribution in [0.15, 0.2) is 35.1 Å². The number of hydrogen-bond donors (Lipinski definition) is 0. The Kier molecular flexibility index (Phi) is 7.61. The summed E-state index contributed by atoms with van der Waals surface area (Å²) < 4.78 is 6.85. The molecule has 0 radical (unpaired) electrons. The van der Waals surface area contributed by atoms with Crippen LogP contribution in [0.5, 0.6) is 0 Å². The molecule has 1 nitrogen and oxygen atoms in total. The molecule has 0 amide bonds. The van der Waals surface area contributed by atoms with E-state index in [1.807, 2.05) is 0 Å². The zero-order chi connectivity index (χ0) is 20.3. The van der Waals surface area contributed by atoms with Crippen LogP contribution in [0, 0.1) is 17.3 Å². The molecule has 0 aromatic carbocycles. The summed E-state index contributed by atoms with van der Waals surface area (Å²) in [6.07, 6.45) is 10.6. The highest BCUT2D eigenvalue weighted by atomic mass is 28.4. The SMILES string of the molecule is CC(C)=CC[C@@H]1CC=C(O[Si](C)(C)C(C)(C)C)[C@H](CC=C(C)C)C1(C)C. The standard InChI is InChI=1S/C24H44OSi/c1-18(2)12-14-20-15-17-22(25-26(10,11)23(5,6)7)21(24(20,8)9)16-13-19(3)4/h12-13,17,20-21H,14-16H2,1-11H3/t20-,21+/m1/s1. The summed E-state index contributed by atoms with van der Waals surface area (Å²) in [6, 6.07) is 0. The van der Waals surface area contributed by atoms with Crippen molar-refractivity contribution >= 4 is 8.32 Å². The van der Waals surface area contributed by atoms with Crippen molar-refractivity contribution in [3.05, 3.63) is 35.1 Å². The van der Waals surface area contributed by atoms with Crippen molar-refractivity contribution < 1.29 is 4.43 Å². The summed E-state index contributed by atoms with van der Waals surface area (Å²) in [5, 5.41) is 0.234. The summed E-state index contributed by atoms with van der Waals surface area (Å²) in [7, 11) is -1.81. The molecule has 0 saturated heterocycles. The predicted octanol–water partition coefficient (Wildman–Crippen LogP) is 8.27. The fourth-order valence-electron chi connectivity index (χ4n) is 3.47. The first kappa shape index (κ1) is 23.3. The average molecular weight is 377 g/mol. The van der Waals surface area contributed by atoms with Crippen LogP contribution in [0.1, 0.15) is 81.6 Å². The maximum atomic E-state index is 6.85. The van der Waals surface area contributed by atoms with Gasteiger partial charge in [-0.3, -0.25) is 0 Å². The average Bonchev–Trinajstić information content (AvgIpc) is 2.43. The van der Waals surface area contributed by atoms with E-state index in [1.165, 1.54) is 23.3 Å². The number of rotatable bonds is 6. The monoisotopic (exact) mass is 376 g/mol. The minimum absolute atomic E-state index is 0.234. The first-order chi connectivity index (χ1) is 11.7. The second kappa shape index (κ2) is 8.50. The Morgan fingerprint density at radius 3 is 2.04 bits per heavy atom. The third kappa shape index (κ3) is 5.87. The van der Waals surface area contributed by atoms with Gasteiger partial charge in [0.2, 0.25) is 8.32 Å². The molecule has 0 bridgehead atoms. The van der Waals surface area contributed by atoms with Crippen molar-refractivity contribution in [1.82, 2.24) is 0 Å². The largest absolute Gasteiger partial charge is 0.547 e. The summed E-state index contributed by atoms with van der Waals surface area (Å²) in [5.74, 6) is 2.42. The van der Waals surface area contributed by atoms with E-state index in [1.54, 1.807) is 0 Å². The second-order valence-electron chi connectivity index (χ2n) is 10.8. The van der Waals surface area contributed by atoms with Crippen molar-refractivity contribution in [3.63, 3.8) is 0 Å². The topological polar surface area (TPSA) is 9.23 Å². The minimum atomic E-state index is -1.81. The molecule has 2 heteroatoms. The smallest absolute Gasteiger partial charge is 0.250 e. The van der Waals surface area contributed by atoms with E-state index in [0.717, 1.165) is 12.8 Å². The van der Waals surface area contributed by atoms with Gasteiger partial charge in [0.15, 0.2) is 0 Å². The second-order valence-corrected chi connectivity index (χ2v) is 15.5. The summed E-state index contributed by atoms with van der Waals surface area (Å²) >= 11 is 0. The number of allylic oxidation sites excluding steroid dienone is 6. The van der Waals surface area contributed by atoms with Gasteiger partial charge in [-0.05, 0) is 82.5 Å². The molecular formula is C24H44OSi. The number of hydrogen-bond acceptors (Lipinski definition) is 1. The summed E-state index contributed by atoms with van der Waals surface area (Å²) in [4.78, 5) is 0. The molecule has 0 spiro atoms. The maximum absolute atomic E-state index is 6.85. The van der Waals surface area contributed by atoms with Gasteiger partial charge in [0.1, 0.15) is 0 Å². The van der Waals surface area contributed by atoms with Crippen molar-refractivity contribution in [2.24, 2.45) is 17.3 Å². The molecule has 0 unspecified atom stereocenters. The lowest BCUT2D eigenvalue weighted by Crippen LogP contribution is -2.44. The molecule has 1 aliphatic carbocycles. The lowest BCUT2D eigenvalue weighted by atomic mass is 9.62. The summed E-state index contributed by atoms with van der Waals surface area (Å²) in [5.41, 5.74) is 3.07. The van der Waals surface area contributed by atoms with Crippen LogP contribution in [0.4, 0.5) is 0 Å². The molecule has 0 aromatic rings. The first-order valence-electron chi connectivity index (χ1n) is 10.3. The van der Waals surface area contributed by atoms with Gasteiger partial charge in [-0.1, -0.05) is 57.9 Å². The lowest BCUT2D eigenvalue weighted by molar-refractivity contribution is 0.0912. The molecule has 1 rings (SSSR count). The quantitative estimate of drug-likeness (QED) is 0.335. The van der Waals surface area contributed by atoms with Crippen molar-refractivity contribution in [1.29, 1.82) is 0 Å². The van der Waals surface area contributed by atoms with Gasteiger partial charge in [-0.15, -0.1) is 0 Å². The van der Waals surface area contributed by atoms with Crippen LogP contribution in [0.25, 0.3) is 0 Å². The van der Waals surface area contributed by atoms with E-state index in [-0.39, 0.29) is 10.5 Å². The summed E-state index contributed by atoms with van der Waals surface area (Å²) in [6.45, 7) is 25.5. The van der Waals surface area contributed by atoms with E-state index in [2.05, 4.69) is 93.6 Å². The van der Waals surface area contributed by atoms with Gasteiger partial charge in [-0.25, -0.2) is 0 Å². The van der Waals surface area contributed by atoms with Gasteiger partial charge >= 0.3 is 0 Å². The lowest BCUT2D eigenvalue weighted by Gasteiger charge is -2.48. The van der Waals surface area contributed by atoms with E-state index in [9.17, 15) is 0 Å². The molecular weight excluding hydrogens is 332 g/mol. The fraction of sp³-hybridized carbons (Fsp3) is 0.750. The highest BCUT2D eigenvalue weighted by molar-refractivity contribution is 6.74. The van der Waals surface area contributed by atoms with Crippen LogP contribution >= 0.6 is 0 Å². The Morgan fingerprint density at radius 2 is 1.58 bits per heavy atom. The van der Waals surface area contributed by atoms with E-state index >= 15 is 0 Å². The van der Waals surface area contributed by atoms with E-state index in [0.29, 0.717) is 11.8 Å². The fourth-order valence-corrected chi connectivity index (χ4v) is 4.59. The zero-order valence-corrected chi connectivity index (χ0v) is 20.4. The maximum Gasteiger partial charge on any atom is 0.250 e. The van der Waals surface area contributed by atoms with Crippen molar-refractivity contribution in [2.75, 3.05) is 0 Å². The molecule has 0 aliphatic heterocycles. The Balaban J connectivity index is 3.21. The zero-order valence-electron chi connectivity index (χ0n) is 19.4. The molecule has 26 heavy (non-hydrogen) atoms. The van der Waals surface area contributed by atoms with Crippen LogP contribution in [0.3, 0.4) is 0 Å². The van der Waals surface area contributed by atoms with E-state index in [4.69, 9.17) is 4.43 Å². The minimum Gasteiger partial charge on any atom is -0.547 e. The molecule has 1 aliphatic rings. The molecule has 2 atom stereocenters. The molecule has 0 N–H and O–H groups in total. The molecule has 0 aromatic heterocycles. The van der Waals surface area contributed by atoms with E-state index < -0.39 is 8.32 Å². The Labute approximate surface area is 165 Å². The van der Waals surface area contributed by atoms with Crippen LogP contribution < -0.4 is 0 Å². The highest BCUT2D eigenvalue weighted by Gasteiger charge is 2.45. The van der Waals surface area contributed by atoms with Gasteiger partial charge < -0.3 is 4.43 Å². The molecule has 0 fully saturated rings. The van der Waals surface area contributed by atoms with Crippen LogP contribution in [0.2, 0.25) is 18.1 Å². The normalized spacial score (nSPS) is 23.1. The van der Waals surface area contributed by atoms with Gasteiger partial charge in [0.25, 0.3) is 0 Å². The third-order valence-electron chi connectivity index (χ3n) is 6.65. The van der Waals surface area contributed by atoms with Crippen molar-refractivity contribution in [2.45, 2.75) is 99.7 Å². The highest BCUT2D eigenvalue weighted by Crippen LogP contribution is 2.51. The Hall–Kier alpha value is -0.763. The predicted molar refractivity (Wildman–Crippen MR) is 120 cm³/mol. The Morgan fingerprint density at radius 1 is 1.08 bits per heavy atom. The third-order valence-corrected chi connectivity index (χ3v) is 11.0.